The van der Waals surface area contributed by atoms with E-state index in [4.69, 9.17) is 9.47 Å². The van der Waals surface area contributed by atoms with E-state index in [9.17, 15) is 9.90 Å². The van der Waals surface area contributed by atoms with Crippen LogP contribution >= 0.6 is 0 Å². The van der Waals surface area contributed by atoms with Gasteiger partial charge in [0, 0.05) is 11.6 Å². The van der Waals surface area contributed by atoms with E-state index in [1.54, 1.807) is 13.2 Å². The number of amides is 1. The average molecular weight is 346 g/mol. The molecule has 1 aromatic rings. The molecule has 1 aromatic heterocycles. The Morgan fingerprint density at radius 2 is 2.08 bits per heavy atom. The quantitative estimate of drug-likeness (QED) is 0.805. The number of methoxy groups -OCH3 is 1. The van der Waals surface area contributed by atoms with E-state index in [0.717, 1.165) is 23.3 Å². The van der Waals surface area contributed by atoms with Crippen molar-refractivity contribution in [1.82, 2.24) is 10.3 Å². The van der Waals surface area contributed by atoms with Gasteiger partial charge in [0.2, 0.25) is 5.88 Å². The highest BCUT2D eigenvalue weighted by Gasteiger charge is 2.51. The molecule has 1 unspecified atom stereocenters. The summed E-state index contributed by atoms with van der Waals surface area (Å²) in [5, 5.41) is 13.9. The molecular formula is C19H26N2O4. The van der Waals surface area contributed by atoms with E-state index in [-0.39, 0.29) is 5.92 Å². The summed E-state index contributed by atoms with van der Waals surface area (Å²) in [6.45, 7) is 7.46. The zero-order valence-corrected chi connectivity index (χ0v) is 15.4. The second kappa shape index (κ2) is 6.02. The molecule has 1 amide bonds. The van der Waals surface area contributed by atoms with E-state index < -0.39 is 23.3 Å². The van der Waals surface area contributed by atoms with E-state index in [0.29, 0.717) is 12.3 Å². The lowest BCUT2D eigenvalue weighted by Crippen LogP contribution is -2.60. The summed E-state index contributed by atoms with van der Waals surface area (Å²) < 4.78 is 10.7. The number of allylic oxidation sites excluding steroid dienone is 1. The lowest BCUT2D eigenvalue weighted by Gasteiger charge is -2.48. The molecule has 3 atom stereocenters. The lowest BCUT2D eigenvalue weighted by molar-refractivity contribution is -0.00130. The Bertz CT molecular complexity index is 723. The van der Waals surface area contributed by atoms with Gasteiger partial charge in [-0.3, -0.25) is 0 Å². The summed E-state index contributed by atoms with van der Waals surface area (Å²) in [7, 11) is 1.58. The number of fused-ring (bicyclic) bond motifs is 4. The van der Waals surface area contributed by atoms with Gasteiger partial charge in [0.05, 0.1) is 18.9 Å². The Morgan fingerprint density at radius 3 is 2.72 bits per heavy atom. The number of carbonyl (C=O) groups excluding carboxylic acids is 1. The Labute approximate surface area is 148 Å². The summed E-state index contributed by atoms with van der Waals surface area (Å²) in [4.78, 5) is 17.0. The van der Waals surface area contributed by atoms with Crippen LogP contribution in [-0.2, 0) is 16.7 Å². The fourth-order valence-electron chi connectivity index (χ4n) is 3.88. The molecule has 6 heteroatoms. The van der Waals surface area contributed by atoms with Gasteiger partial charge >= 0.3 is 6.09 Å². The monoisotopic (exact) mass is 346 g/mol. The number of nitrogens with one attached hydrogen (secondary N) is 1. The molecule has 1 heterocycles. The first-order valence-electron chi connectivity index (χ1n) is 8.56. The van der Waals surface area contributed by atoms with Crippen molar-refractivity contribution in [2.45, 2.75) is 57.8 Å². The van der Waals surface area contributed by atoms with Crippen LogP contribution in [0.4, 0.5) is 4.79 Å². The molecule has 2 bridgehead atoms. The number of hydrogen-bond donors (Lipinski definition) is 2. The van der Waals surface area contributed by atoms with Crippen molar-refractivity contribution in [3.63, 3.8) is 0 Å². The van der Waals surface area contributed by atoms with Gasteiger partial charge < -0.3 is 19.9 Å². The Morgan fingerprint density at radius 1 is 1.36 bits per heavy atom. The molecule has 2 aliphatic carbocycles. The number of ether oxygens (including phenoxy) is 2. The zero-order chi connectivity index (χ0) is 18.4. The number of aliphatic hydroxyl groups excluding tert-OH is 1. The van der Waals surface area contributed by atoms with Gasteiger partial charge in [0.1, 0.15) is 11.1 Å². The molecule has 2 N–H and O–H groups in total. The Balaban J connectivity index is 2.07. The topological polar surface area (TPSA) is 80.7 Å². The van der Waals surface area contributed by atoms with E-state index in [2.05, 4.69) is 10.3 Å². The van der Waals surface area contributed by atoms with Gasteiger partial charge in [-0.15, -0.1) is 0 Å². The maximum atomic E-state index is 12.5. The minimum absolute atomic E-state index is 0.00737. The average Bonchev–Trinajstić information content (AvgIpc) is 2.48. The molecule has 0 fully saturated rings. The number of aromatic nitrogens is 1. The number of hydrogen-bond acceptors (Lipinski definition) is 5. The number of pyridine rings is 1. The molecule has 0 saturated carbocycles. The molecule has 6 nitrogen and oxygen atoms in total. The highest BCUT2D eigenvalue weighted by molar-refractivity contribution is 5.71. The van der Waals surface area contributed by atoms with Crippen LogP contribution in [0.1, 0.15) is 45.4 Å². The fraction of sp³-hybridized carbons (Fsp3) is 0.579. The molecule has 0 aromatic carbocycles. The molecule has 0 radical (unpaired) electrons. The van der Waals surface area contributed by atoms with Crippen molar-refractivity contribution in [1.29, 1.82) is 0 Å². The summed E-state index contributed by atoms with van der Waals surface area (Å²) in [5.41, 5.74) is 1.13. The fourth-order valence-corrected chi connectivity index (χ4v) is 3.88. The summed E-state index contributed by atoms with van der Waals surface area (Å²) in [6, 6.07) is 3.62. The van der Waals surface area contributed by atoms with Crippen molar-refractivity contribution in [3.05, 3.63) is 35.0 Å². The third-order valence-corrected chi connectivity index (χ3v) is 4.74. The van der Waals surface area contributed by atoms with Crippen molar-refractivity contribution >= 4 is 6.09 Å². The van der Waals surface area contributed by atoms with Crippen LogP contribution in [0.2, 0.25) is 0 Å². The first-order chi connectivity index (χ1) is 11.6. The second-order valence-electron chi connectivity index (χ2n) is 7.95. The minimum atomic E-state index is -1.03. The first-order valence-corrected chi connectivity index (χ1v) is 8.56. The van der Waals surface area contributed by atoms with E-state index in [1.807, 2.05) is 39.8 Å². The Kier molecular flexibility index (Phi) is 4.27. The summed E-state index contributed by atoms with van der Waals surface area (Å²) >= 11 is 0. The second-order valence-corrected chi connectivity index (χ2v) is 7.95. The summed E-state index contributed by atoms with van der Waals surface area (Å²) in [6.07, 6.45) is 2.07. The largest absolute Gasteiger partial charge is 0.481 e. The molecular weight excluding hydrogens is 320 g/mol. The van der Waals surface area contributed by atoms with Crippen molar-refractivity contribution < 1.29 is 19.4 Å². The number of rotatable bonds is 2. The van der Waals surface area contributed by atoms with E-state index >= 15 is 0 Å². The van der Waals surface area contributed by atoms with Crippen LogP contribution in [-0.4, -0.2) is 35.0 Å². The van der Waals surface area contributed by atoms with Crippen molar-refractivity contribution in [2.75, 3.05) is 7.11 Å². The number of alkyl carbamates (subject to hydrolysis) is 1. The van der Waals surface area contributed by atoms with Crippen LogP contribution in [0.5, 0.6) is 5.88 Å². The van der Waals surface area contributed by atoms with Crippen LogP contribution < -0.4 is 10.1 Å². The third kappa shape index (κ3) is 3.23. The SMILES string of the molecule is COc1ccc2c(n1)C[C@@H]1CC(C)=C[C@@]2(NC(=O)OC(C)(C)C)C1O. The molecule has 25 heavy (non-hydrogen) atoms. The predicted octanol–water partition coefficient (Wildman–Crippen LogP) is 2.69. The molecule has 0 spiro atoms. The molecule has 2 aliphatic rings. The number of carbonyl (C=O) groups is 1. The van der Waals surface area contributed by atoms with Crippen molar-refractivity contribution in [3.8, 4) is 5.88 Å². The number of aliphatic hydroxyl groups is 1. The van der Waals surface area contributed by atoms with Gasteiger partial charge in [-0.05, 0) is 52.5 Å². The highest BCUT2D eigenvalue weighted by Crippen LogP contribution is 2.46. The normalized spacial score (nSPS) is 27.8. The Hall–Kier alpha value is -2.08. The lowest BCUT2D eigenvalue weighted by atomic mass is 9.65. The predicted molar refractivity (Wildman–Crippen MR) is 93.4 cm³/mol. The zero-order valence-electron chi connectivity index (χ0n) is 15.4. The molecule has 3 rings (SSSR count). The van der Waals surface area contributed by atoms with Crippen LogP contribution in [0, 0.1) is 5.92 Å². The molecule has 0 saturated heterocycles. The number of nitrogens with zero attached hydrogens (tertiary/aromatic N) is 1. The maximum absolute atomic E-state index is 12.5. The highest BCUT2D eigenvalue weighted by atomic mass is 16.6. The van der Waals surface area contributed by atoms with Gasteiger partial charge in [0.15, 0.2) is 0 Å². The third-order valence-electron chi connectivity index (χ3n) is 4.74. The van der Waals surface area contributed by atoms with Crippen LogP contribution in [0.15, 0.2) is 23.8 Å². The standard InChI is InChI=1S/C19H26N2O4/c1-11-8-12-9-14-13(6-7-15(20-14)24-5)19(10-11,16(12)22)21-17(23)25-18(2,3)4/h6-7,10,12,16,22H,8-9H2,1-5H3,(H,21,23)/t12-,16?,19-/m0/s1. The first kappa shape index (κ1) is 17.7. The van der Waals surface area contributed by atoms with Crippen LogP contribution in [0.3, 0.4) is 0 Å². The van der Waals surface area contributed by atoms with E-state index in [1.165, 1.54) is 0 Å². The van der Waals surface area contributed by atoms with Crippen molar-refractivity contribution in [2.24, 2.45) is 5.92 Å². The van der Waals surface area contributed by atoms with Gasteiger partial charge in [-0.2, -0.15) is 0 Å². The van der Waals surface area contributed by atoms with Gasteiger partial charge in [0.25, 0.3) is 0 Å². The summed E-state index contributed by atoms with van der Waals surface area (Å²) in [5.74, 6) is 0.522. The molecule has 136 valence electrons. The van der Waals surface area contributed by atoms with Crippen LogP contribution in [0.25, 0.3) is 0 Å². The van der Waals surface area contributed by atoms with Gasteiger partial charge in [-0.25, -0.2) is 9.78 Å². The smallest absolute Gasteiger partial charge is 0.408 e. The molecule has 0 aliphatic heterocycles. The minimum Gasteiger partial charge on any atom is -0.481 e. The van der Waals surface area contributed by atoms with Gasteiger partial charge in [-0.1, -0.05) is 11.6 Å². The maximum Gasteiger partial charge on any atom is 0.408 e.